The lowest BCUT2D eigenvalue weighted by atomic mass is 10.1. The number of anilines is 1. The Balaban J connectivity index is 1.96. The topological polar surface area (TPSA) is 54.6 Å². The number of halogens is 3. The number of benzene rings is 2. The van der Waals surface area contributed by atoms with Crippen molar-refractivity contribution in [3.8, 4) is 0 Å². The first kappa shape index (κ1) is 16.3. The average Bonchev–Trinajstić information content (AvgIpc) is 2.53. The van der Waals surface area contributed by atoms with E-state index in [-0.39, 0.29) is 11.3 Å². The van der Waals surface area contributed by atoms with E-state index in [4.69, 9.17) is 4.42 Å². The number of nitrogens with zero attached hydrogens (tertiary/aromatic N) is 1. The molecule has 1 N–H and O–H groups in total. The van der Waals surface area contributed by atoms with Crippen LogP contribution < -0.4 is 11.1 Å². The maximum atomic E-state index is 13.6. The van der Waals surface area contributed by atoms with E-state index in [0.29, 0.717) is 11.3 Å². The van der Waals surface area contributed by atoms with E-state index >= 15 is 0 Å². The lowest BCUT2D eigenvalue weighted by molar-refractivity contribution is 0.559. The summed E-state index contributed by atoms with van der Waals surface area (Å²) in [6.07, 6.45) is 0. The number of fused-ring (bicyclic) bond motifs is 1. The molecule has 0 radical (unpaired) electrons. The maximum absolute atomic E-state index is 13.6. The molecule has 0 aliphatic heterocycles. The predicted octanol–water partition coefficient (Wildman–Crippen LogP) is 4.67. The van der Waals surface area contributed by atoms with E-state index in [1.54, 1.807) is 25.1 Å². The molecular weight excluding hydrogens is 382 g/mol. The van der Waals surface area contributed by atoms with Crippen LogP contribution in [0.3, 0.4) is 0 Å². The van der Waals surface area contributed by atoms with E-state index in [9.17, 15) is 13.6 Å². The second-order valence-corrected chi connectivity index (χ2v) is 5.98. The van der Waals surface area contributed by atoms with E-state index < -0.39 is 17.3 Å². The van der Waals surface area contributed by atoms with Crippen LogP contribution in [-0.2, 0) is 0 Å². The number of hydrazone groups is 1. The maximum Gasteiger partial charge on any atom is 0.345 e. The summed E-state index contributed by atoms with van der Waals surface area (Å²) in [5.74, 6) is -1.46. The summed E-state index contributed by atoms with van der Waals surface area (Å²) in [7, 11) is 0. The molecule has 3 aromatic rings. The molecule has 0 aliphatic carbocycles. The highest BCUT2D eigenvalue weighted by atomic mass is 79.9. The molecule has 0 atom stereocenters. The molecule has 0 unspecified atom stereocenters. The molecule has 7 heteroatoms. The largest absolute Gasteiger partial charge is 0.422 e. The first-order valence-electron chi connectivity index (χ1n) is 6.93. The lowest BCUT2D eigenvalue weighted by Crippen LogP contribution is -2.13. The van der Waals surface area contributed by atoms with Crippen molar-refractivity contribution in [3.05, 3.63) is 74.6 Å². The number of hydrogen-bond acceptors (Lipinski definition) is 4. The molecule has 1 aromatic heterocycles. The second kappa shape index (κ2) is 6.52. The third-order valence-electron chi connectivity index (χ3n) is 3.36. The van der Waals surface area contributed by atoms with Crippen LogP contribution in [0, 0.1) is 11.6 Å². The Bertz CT molecular complexity index is 1020. The van der Waals surface area contributed by atoms with Crippen LogP contribution in [0.5, 0.6) is 0 Å². The summed E-state index contributed by atoms with van der Waals surface area (Å²) in [5, 5.41) is 4.70. The fourth-order valence-electron chi connectivity index (χ4n) is 2.13. The Labute approximate surface area is 143 Å². The number of rotatable bonds is 3. The van der Waals surface area contributed by atoms with Crippen molar-refractivity contribution in [2.24, 2.45) is 5.10 Å². The normalized spacial score (nSPS) is 11.8. The van der Waals surface area contributed by atoms with Gasteiger partial charge in [0, 0.05) is 15.9 Å². The summed E-state index contributed by atoms with van der Waals surface area (Å²) in [5.41, 5.74) is 2.95. The standard InChI is InChI=1S/C17H11BrF2N2O2/c1-9(21-22-15-4-3-12(19)8-14(15)20)13-7-10-6-11(18)2-5-16(10)24-17(13)23/h2-8,22H,1H3/b21-9-. The molecule has 4 nitrogen and oxygen atoms in total. The minimum absolute atomic E-state index is 0.00340. The van der Waals surface area contributed by atoms with Gasteiger partial charge >= 0.3 is 5.63 Å². The molecule has 0 aliphatic rings. The van der Waals surface area contributed by atoms with Crippen molar-refractivity contribution < 1.29 is 13.2 Å². The molecule has 0 spiro atoms. The van der Waals surface area contributed by atoms with E-state index in [0.717, 1.165) is 22.0 Å². The first-order valence-corrected chi connectivity index (χ1v) is 7.72. The molecule has 0 fully saturated rings. The summed E-state index contributed by atoms with van der Waals surface area (Å²) >= 11 is 3.35. The van der Waals surface area contributed by atoms with Gasteiger partial charge in [-0.25, -0.2) is 13.6 Å². The Morgan fingerprint density at radius 2 is 1.96 bits per heavy atom. The Morgan fingerprint density at radius 3 is 2.71 bits per heavy atom. The monoisotopic (exact) mass is 392 g/mol. The first-order chi connectivity index (χ1) is 11.4. The molecule has 2 aromatic carbocycles. The van der Waals surface area contributed by atoms with Crippen molar-refractivity contribution >= 4 is 38.3 Å². The molecular formula is C17H11BrF2N2O2. The summed E-state index contributed by atoms with van der Waals surface area (Å²) in [6, 6.07) is 9.98. The van der Waals surface area contributed by atoms with Crippen molar-refractivity contribution in [2.45, 2.75) is 6.92 Å². The molecule has 0 saturated heterocycles. The minimum Gasteiger partial charge on any atom is -0.422 e. The quantitative estimate of drug-likeness (QED) is 0.400. The predicted molar refractivity (Wildman–Crippen MR) is 92.4 cm³/mol. The van der Waals surface area contributed by atoms with Crippen molar-refractivity contribution in [2.75, 3.05) is 5.43 Å². The van der Waals surface area contributed by atoms with E-state index in [1.165, 1.54) is 6.07 Å². The van der Waals surface area contributed by atoms with Crippen molar-refractivity contribution in [1.82, 2.24) is 0 Å². The molecule has 3 rings (SSSR count). The zero-order valence-electron chi connectivity index (χ0n) is 12.4. The van der Waals surface area contributed by atoms with Gasteiger partial charge in [-0.15, -0.1) is 0 Å². The molecule has 122 valence electrons. The van der Waals surface area contributed by atoms with Crippen LogP contribution in [-0.4, -0.2) is 5.71 Å². The van der Waals surface area contributed by atoms with Crippen LogP contribution in [0.15, 0.2) is 61.3 Å². The lowest BCUT2D eigenvalue weighted by Gasteiger charge is -2.05. The van der Waals surface area contributed by atoms with Gasteiger partial charge in [0.15, 0.2) is 5.82 Å². The van der Waals surface area contributed by atoms with Gasteiger partial charge in [-0.3, -0.25) is 5.43 Å². The fourth-order valence-corrected chi connectivity index (χ4v) is 2.51. The third kappa shape index (κ3) is 3.35. The molecule has 0 amide bonds. The number of nitrogens with one attached hydrogen (secondary N) is 1. The highest BCUT2D eigenvalue weighted by molar-refractivity contribution is 9.10. The van der Waals surface area contributed by atoms with Gasteiger partial charge in [-0.05, 0) is 43.3 Å². The third-order valence-corrected chi connectivity index (χ3v) is 3.85. The zero-order chi connectivity index (χ0) is 17.3. The summed E-state index contributed by atoms with van der Waals surface area (Å²) in [6.45, 7) is 1.59. The van der Waals surface area contributed by atoms with Crippen LogP contribution in [0.2, 0.25) is 0 Å². The van der Waals surface area contributed by atoms with Gasteiger partial charge in [0.25, 0.3) is 0 Å². The highest BCUT2D eigenvalue weighted by Gasteiger charge is 2.09. The van der Waals surface area contributed by atoms with Crippen LogP contribution >= 0.6 is 15.9 Å². The minimum atomic E-state index is -0.777. The average molecular weight is 393 g/mol. The highest BCUT2D eigenvalue weighted by Crippen LogP contribution is 2.20. The smallest absolute Gasteiger partial charge is 0.345 e. The summed E-state index contributed by atoms with van der Waals surface area (Å²) < 4.78 is 32.6. The number of hydrogen-bond donors (Lipinski definition) is 1. The van der Waals surface area contributed by atoms with Gasteiger partial charge in [0.05, 0.1) is 17.0 Å². The van der Waals surface area contributed by atoms with Crippen molar-refractivity contribution in [3.63, 3.8) is 0 Å². The van der Waals surface area contributed by atoms with Gasteiger partial charge < -0.3 is 4.42 Å². The SMILES string of the molecule is C/C(=N/Nc1ccc(F)cc1F)c1cc2cc(Br)ccc2oc1=O. The molecule has 1 heterocycles. The Kier molecular flexibility index (Phi) is 4.44. The van der Waals surface area contributed by atoms with Crippen molar-refractivity contribution in [1.29, 1.82) is 0 Å². The molecule has 24 heavy (non-hydrogen) atoms. The molecule has 0 saturated carbocycles. The fraction of sp³-hybridized carbons (Fsp3) is 0.0588. The van der Waals surface area contributed by atoms with E-state index in [2.05, 4.69) is 26.5 Å². The Morgan fingerprint density at radius 1 is 1.17 bits per heavy atom. The van der Waals surface area contributed by atoms with Gasteiger partial charge in [-0.2, -0.15) is 5.10 Å². The van der Waals surface area contributed by atoms with Crippen LogP contribution in [0.25, 0.3) is 11.0 Å². The van der Waals surface area contributed by atoms with Gasteiger partial charge in [-0.1, -0.05) is 15.9 Å². The van der Waals surface area contributed by atoms with Gasteiger partial charge in [0.2, 0.25) is 0 Å². The zero-order valence-corrected chi connectivity index (χ0v) is 14.0. The molecule has 0 bridgehead atoms. The summed E-state index contributed by atoms with van der Waals surface area (Å²) in [4.78, 5) is 12.1. The van der Waals surface area contributed by atoms with E-state index in [1.807, 2.05) is 6.07 Å². The van der Waals surface area contributed by atoms with Crippen LogP contribution in [0.4, 0.5) is 14.5 Å². The van der Waals surface area contributed by atoms with Crippen LogP contribution in [0.1, 0.15) is 12.5 Å². The Hall–Kier alpha value is -2.54. The second-order valence-electron chi connectivity index (χ2n) is 5.06. The van der Waals surface area contributed by atoms with Gasteiger partial charge in [0.1, 0.15) is 11.4 Å².